The highest BCUT2D eigenvalue weighted by Crippen LogP contribution is 2.15. The zero-order valence-corrected chi connectivity index (χ0v) is 8.25. The molecule has 0 N–H and O–H groups in total. The zero-order chi connectivity index (χ0) is 9.97. The lowest BCUT2D eigenvalue weighted by Crippen LogP contribution is -2.00. The second-order valence-corrected chi connectivity index (χ2v) is 3.45. The van der Waals surface area contributed by atoms with Crippen LogP contribution in [-0.2, 0) is 0 Å². The summed E-state index contributed by atoms with van der Waals surface area (Å²) in [6.45, 7) is 4.27. The molecule has 0 aliphatic rings. The highest BCUT2D eigenvalue weighted by molar-refractivity contribution is 5.30. The van der Waals surface area contributed by atoms with Crippen molar-refractivity contribution < 1.29 is 0 Å². The summed E-state index contributed by atoms with van der Waals surface area (Å²) in [5.74, 6) is 0.470. The predicted molar refractivity (Wildman–Crippen MR) is 53.2 cm³/mol. The number of aromatic nitrogens is 4. The largest absolute Gasteiger partial charge is 0.262 e. The van der Waals surface area contributed by atoms with Crippen LogP contribution in [-0.4, -0.2) is 20.0 Å². The third kappa shape index (κ3) is 1.64. The summed E-state index contributed by atoms with van der Waals surface area (Å²) in [4.78, 5) is 5.73. The summed E-state index contributed by atoms with van der Waals surface area (Å²) in [5.41, 5.74) is 2.10. The van der Waals surface area contributed by atoms with Gasteiger partial charge in [-0.3, -0.25) is 4.98 Å². The van der Waals surface area contributed by atoms with Gasteiger partial charge in [0.25, 0.3) is 0 Å². The smallest absolute Gasteiger partial charge is 0.104 e. The van der Waals surface area contributed by atoms with Crippen molar-refractivity contribution in [2.45, 2.75) is 19.8 Å². The molecule has 0 aromatic carbocycles. The van der Waals surface area contributed by atoms with Gasteiger partial charge in [-0.05, 0) is 17.5 Å². The molecule has 2 rings (SSSR count). The maximum atomic E-state index is 4.16. The standard InChI is InChI=1S/C10H12N4/c1-8(2)9-5-10(7-11-6-9)14-12-3-4-13-14/h3-8H,1-2H3. The lowest BCUT2D eigenvalue weighted by molar-refractivity contribution is 0.742. The Labute approximate surface area is 82.6 Å². The lowest BCUT2D eigenvalue weighted by Gasteiger charge is -2.05. The normalized spacial score (nSPS) is 10.8. The number of rotatable bonds is 2. The minimum absolute atomic E-state index is 0.470. The van der Waals surface area contributed by atoms with Gasteiger partial charge in [0.15, 0.2) is 0 Å². The maximum Gasteiger partial charge on any atom is 0.104 e. The molecule has 0 fully saturated rings. The van der Waals surface area contributed by atoms with Crippen LogP contribution in [0.2, 0.25) is 0 Å². The van der Waals surface area contributed by atoms with Crippen LogP contribution in [0.5, 0.6) is 0 Å². The molecule has 72 valence electrons. The van der Waals surface area contributed by atoms with E-state index in [0.717, 1.165) is 5.69 Å². The van der Waals surface area contributed by atoms with Crippen molar-refractivity contribution in [2.75, 3.05) is 0 Å². The highest BCUT2D eigenvalue weighted by Gasteiger charge is 2.02. The molecule has 0 radical (unpaired) electrons. The van der Waals surface area contributed by atoms with Crippen LogP contribution in [0.4, 0.5) is 0 Å². The van der Waals surface area contributed by atoms with Gasteiger partial charge >= 0.3 is 0 Å². The Morgan fingerprint density at radius 1 is 1.14 bits per heavy atom. The van der Waals surface area contributed by atoms with Crippen molar-refractivity contribution in [3.63, 3.8) is 0 Å². The molecule has 0 atom stereocenters. The predicted octanol–water partition coefficient (Wildman–Crippen LogP) is 1.79. The Balaban J connectivity index is 2.41. The molecule has 2 heterocycles. The lowest BCUT2D eigenvalue weighted by atomic mass is 10.1. The third-order valence-electron chi connectivity index (χ3n) is 2.06. The quantitative estimate of drug-likeness (QED) is 0.721. The molecule has 0 aliphatic carbocycles. The van der Waals surface area contributed by atoms with Crippen LogP contribution in [0.25, 0.3) is 5.69 Å². The highest BCUT2D eigenvalue weighted by atomic mass is 15.5. The number of hydrogen-bond donors (Lipinski definition) is 0. The first-order valence-electron chi connectivity index (χ1n) is 4.59. The minimum atomic E-state index is 0.470. The van der Waals surface area contributed by atoms with Crippen molar-refractivity contribution in [1.29, 1.82) is 0 Å². The van der Waals surface area contributed by atoms with Crippen molar-refractivity contribution in [3.05, 3.63) is 36.4 Å². The summed E-state index contributed by atoms with van der Waals surface area (Å²) >= 11 is 0. The monoisotopic (exact) mass is 188 g/mol. The Morgan fingerprint density at radius 3 is 2.50 bits per heavy atom. The van der Waals surface area contributed by atoms with Gasteiger partial charge in [0.1, 0.15) is 5.69 Å². The Bertz CT molecular complexity index is 406. The number of pyridine rings is 1. The Kier molecular flexibility index (Phi) is 2.26. The molecule has 0 saturated carbocycles. The van der Waals surface area contributed by atoms with Gasteiger partial charge in [0, 0.05) is 6.20 Å². The zero-order valence-electron chi connectivity index (χ0n) is 8.25. The molecule has 0 spiro atoms. The Hall–Kier alpha value is -1.71. The summed E-state index contributed by atoms with van der Waals surface area (Å²) in [7, 11) is 0. The number of hydrogen-bond acceptors (Lipinski definition) is 3. The van der Waals surface area contributed by atoms with Crippen molar-refractivity contribution in [2.24, 2.45) is 0 Å². The van der Waals surface area contributed by atoms with E-state index in [0.29, 0.717) is 5.92 Å². The van der Waals surface area contributed by atoms with Crippen LogP contribution in [0, 0.1) is 0 Å². The fraction of sp³-hybridized carbons (Fsp3) is 0.300. The van der Waals surface area contributed by atoms with Gasteiger partial charge in [-0.1, -0.05) is 13.8 Å². The first kappa shape index (κ1) is 8.87. The first-order chi connectivity index (χ1) is 6.77. The molecular weight excluding hydrogens is 176 g/mol. The summed E-state index contributed by atoms with van der Waals surface area (Å²) in [6, 6.07) is 2.05. The molecule has 2 aromatic rings. The molecule has 0 amide bonds. The van der Waals surface area contributed by atoms with Crippen LogP contribution in [0.1, 0.15) is 25.3 Å². The molecule has 0 unspecified atom stereocenters. The van der Waals surface area contributed by atoms with E-state index in [-0.39, 0.29) is 0 Å². The van der Waals surface area contributed by atoms with E-state index in [4.69, 9.17) is 0 Å². The van der Waals surface area contributed by atoms with E-state index in [1.807, 2.05) is 6.20 Å². The van der Waals surface area contributed by atoms with Gasteiger partial charge < -0.3 is 0 Å². The third-order valence-corrected chi connectivity index (χ3v) is 2.06. The molecule has 0 aliphatic heterocycles. The number of nitrogens with zero attached hydrogens (tertiary/aromatic N) is 4. The first-order valence-corrected chi connectivity index (χ1v) is 4.59. The fourth-order valence-corrected chi connectivity index (χ4v) is 1.22. The minimum Gasteiger partial charge on any atom is -0.262 e. The molecule has 2 aromatic heterocycles. The van der Waals surface area contributed by atoms with Crippen LogP contribution in [0.15, 0.2) is 30.9 Å². The second kappa shape index (κ2) is 3.57. The maximum absolute atomic E-state index is 4.16. The van der Waals surface area contributed by atoms with E-state index in [1.54, 1.807) is 23.4 Å². The molecular formula is C10H12N4. The van der Waals surface area contributed by atoms with Gasteiger partial charge in [0.05, 0.1) is 18.6 Å². The van der Waals surface area contributed by atoms with E-state index in [2.05, 4.69) is 35.1 Å². The van der Waals surface area contributed by atoms with Crippen molar-refractivity contribution in [3.8, 4) is 5.69 Å². The molecule has 14 heavy (non-hydrogen) atoms. The molecule has 0 saturated heterocycles. The summed E-state index contributed by atoms with van der Waals surface area (Å²) in [5, 5.41) is 8.10. The summed E-state index contributed by atoms with van der Waals surface area (Å²) in [6.07, 6.45) is 6.94. The van der Waals surface area contributed by atoms with E-state index >= 15 is 0 Å². The van der Waals surface area contributed by atoms with Gasteiger partial charge in [-0.25, -0.2) is 0 Å². The summed E-state index contributed by atoms with van der Waals surface area (Å²) < 4.78 is 0. The van der Waals surface area contributed by atoms with Gasteiger partial charge in [0.2, 0.25) is 0 Å². The average Bonchev–Trinajstić information content (AvgIpc) is 2.71. The van der Waals surface area contributed by atoms with Crippen molar-refractivity contribution >= 4 is 0 Å². The van der Waals surface area contributed by atoms with E-state index in [1.165, 1.54) is 5.56 Å². The molecule has 0 bridgehead atoms. The second-order valence-electron chi connectivity index (χ2n) is 3.45. The fourth-order valence-electron chi connectivity index (χ4n) is 1.22. The molecule has 4 nitrogen and oxygen atoms in total. The topological polar surface area (TPSA) is 43.6 Å². The van der Waals surface area contributed by atoms with Crippen LogP contribution in [0.3, 0.4) is 0 Å². The van der Waals surface area contributed by atoms with E-state index in [9.17, 15) is 0 Å². The SMILES string of the molecule is CC(C)c1cncc(-n2nccn2)c1. The van der Waals surface area contributed by atoms with Crippen LogP contribution < -0.4 is 0 Å². The Morgan fingerprint density at radius 2 is 1.86 bits per heavy atom. The van der Waals surface area contributed by atoms with Gasteiger partial charge in [-0.2, -0.15) is 15.0 Å². The van der Waals surface area contributed by atoms with E-state index < -0.39 is 0 Å². The van der Waals surface area contributed by atoms with Crippen molar-refractivity contribution in [1.82, 2.24) is 20.0 Å². The average molecular weight is 188 g/mol. The van der Waals surface area contributed by atoms with Crippen LogP contribution >= 0.6 is 0 Å². The van der Waals surface area contributed by atoms with Gasteiger partial charge in [-0.15, -0.1) is 0 Å². The molecule has 4 heteroatoms.